The number of hydrogen-bond acceptors (Lipinski definition) is 4. The minimum absolute atomic E-state index is 0.0975. The molecule has 0 radical (unpaired) electrons. The van der Waals surface area contributed by atoms with Gasteiger partial charge in [0, 0.05) is 11.1 Å². The fourth-order valence-corrected chi connectivity index (χ4v) is 5.50. The highest BCUT2D eigenvalue weighted by Gasteiger charge is 2.69. The molecule has 1 aromatic heterocycles. The minimum Gasteiger partial charge on any atom is -0.477 e. The fraction of sp³-hybridized carbons (Fsp3) is 0.286. The van der Waals surface area contributed by atoms with E-state index in [4.69, 9.17) is 4.98 Å². The van der Waals surface area contributed by atoms with Crippen LogP contribution in [0, 0.1) is 5.82 Å². The van der Waals surface area contributed by atoms with Gasteiger partial charge in [0.15, 0.2) is 5.60 Å². The van der Waals surface area contributed by atoms with Gasteiger partial charge >= 0.3 is 19.2 Å². The summed E-state index contributed by atoms with van der Waals surface area (Å²) < 4.78 is 26.5. The first kappa shape index (κ1) is 27.3. The Balaban J connectivity index is 2.63. The van der Waals surface area contributed by atoms with Crippen LogP contribution in [0.1, 0.15) is 50.4 Å². The summed E-state index contributed by atoms with van der Waals surface area (Å²) in [6, 6.07) is 15.0. The van der Waals surface area contributed by atoms with Crippen molar-refractivity contribution >= 4 is 14.0 Å². The summed E-state index contributed by atoms with van der Waals surface area (Å²) in [5.74, 6) is -2.47. The average Bonchev–Trinajstić information content (AvgIpc) is 2.83. The molecule has 0 aliphatic heterocycles. The number of aliphatic hydroxyl groups is 1. The predicted molar refractivity (Wildman–Crippen MR) is 138 cm³/mol. The Morgan fingerprint density at radius 3 is 2.17 bits per heavy atom. The first-order chi connectivity index (χ1) is 16.9. The van der Waals surface area contributed by atoms with Crippen molar-refractivity contribution < 1.29 is 28.9 Å². The Kier molecular flexibility index (Phi) is 7.89. The van der Waals surface area contributed by atoms with Gasteiger partial charge in [0.25, 0.3) is 0 Å². The Hall–Kier alpha value is -3.25. The van der Waals surface area contributed by atoms with Crippen LogP contribution in [0.25, 0.3) is 22.4 Å². The molecule has 0 saturated carbocycles. The van der Waals surface area contributed by atoms with Gasteiger partial charge in [-0.3, -0.25) is 4.98 Å². The van der Waals surface area contributed by atoms with Crippen molar-refractivity contribution in [2.45, 2.75) is 50.8 Å². The number of carbonyl (C=O) groups is 1. The number of hydrogen-bond donors (Lipinski definition) is 3. The molecule has 3 atom stereocenters. The summed E-state index contributed by atoms with van der Waals surface area (Å²) in [6.45, 7) is 10.3. The van der Waals surface area contributed by atoms with Crippen LogP contribution in [0.15, 0.2) is 67.3 Å². The van der Waals surface area contributed by atoms with Gasteiger partial charge in [-0.05, 0) is 58.7 Å². The Labute approximate surface area is 211 Å². The van der Waals surface area contributed by atoms with Crippen LogP contribution in [0.4, 0.5) is 4.39 Å². The molecule has 188 valence electrons. The standard InChI is InChI=1S/C28H29FNO5P/c1-6-21-22(18-13-15-20(29)16-14-18)23(27(5,33)28(7-2,26(31)32)36(34)35)24(17(3)4)30-25(21)19-11-9-8-10-12-19/h7-17,33H,2,6H2,1,3-5H3,(H-,31,32,34,35)/p+1. The largest absolute Gasteiger partial charge is 0.531 e. The van der Waals surface area contributed by atoms with E-state index >= 15 is 0 Å². The maximum atomic E-state index is 13.9. The van der Waals surface area contributed by atoms with E-state index in [9.17, 15) is 28.9 Å². The van der Waals surface area contributed by atoms with E-state index in [0.717, 1.165) is 11.6 Å². The molecule has 0 fully saturated rings. The molecule has 3 N–H and O–H groups in total. The molecule has 0 aliphatic rings. The smallest absolute Gasteiger partial charge is 0.477 e. The predicted octanol–water partition coefficient (Wildman–Crippen LogP) is 6.19. The van der Waals surface area contributed by atoms with Crippen LogP contribution in [0.2, 0.25) is 0 Å². The molecule has 0 spiro atoms. The third kappa shape index (κ3) is 4.39. The lowest BCUT2D eigenvalue weighted by Crippen LogP contribution is -2.52. The van der Waals surface area contributed by atoms with Gasteiger partial charge in [-0.2, -0.15) is 4.89 Å². The molecule has 6 nitrogen and oxygen atoms in total. The number of aromatic nitrogens is 1. The number of rotatable bonds is 9. The van der Waals surface area contributed by atoms with E-state index in [1.165, 1.54) is 31.2 Å². The summed E-state index contributed by atoms with van der Waals surface area (Å²) in [5, 5.41) is 19.5. The quantitative estimate of drug-likeness (QED) is 0.234. The van der Waals surface area contributed by atoms with Gasteiger partial charge in [-0.15, -0.1) is 0 Å². The topological polar surface area (TPSA) is 108 Å². The molecule has 36 heavy (non-hydrogen) atoms. The lowest BCUT2D eigenvalue weighted by molar-refractivity contribution is -0.145. The highest BCUT2D eigenvalue weighted by atomic mass is 31.1. The third-order valence-electron chi connectivity index (χ3n) is 6.56. The van der Waals surface area contributed by atoms with Gasteiger partial charge in [-0.25, -0.2) is 9.18 Å². The number of halogens is 1. The van der Waals surface area contributed by atoms with Crippen LogP contribution in [-0.4, -0.2) is 31.2 Å². The first-order valence-electron chi connectivity index (χ1n) is 11.6. The van der Waals surface area contributed by atoms with Crippen molar-refractivity contribution in [2.75, 3.05) is 0 Å². The highest BCUT2D eigenvalue weighted by Crippen LogP contribution is 2.54. The average molecular weight is 511 g/mol. The second kappa shape index (κ2) is 10.4. The molecule has 1 heterocycles. The van der Waals surface area contributed by atoms with E-state index in [0.29, 0.717) is 34.5 Å². The molecule has 0 amide bonds. The number of pyridine rings is 1. The summed E-state index contributed by atoms with van der Waals surface area (Å²) in [6.07, 6.45) is 1.24. The summed E-state index contributed by atoms with van der Waals surface area (Å²) in [7, 11) is -3.49. The zero-order valence-corrected chi connectivity index (χ0v) is 21.6. The van der Waals surface area contributed by atoms with Crippen molar-refractivity contribution in [3.8, 4) is 22.4 Å². The maximum Gasteiger partial charge on any atom is 0.531 e. The number of benzene rings is 2. The highest BCUT2D eigenvalue weighted by molar-refractivity contribution is 7.42. The molecule has 0 bridgehead atoms. The molecule has 0 aliphatic carbocycles. The molecule has 3 unspecified atom stereocenters. The van der Waals surface area contributed by atoms with Crippen molar-refractivity contribution in [3.63, 3.8) is 0 Å². The lowest BCUT2D eigenvalue weighted by Gasteiger charge is -2.36. The van der Waals surface area contributed by atoms with E-state index in [-0.39, 0.29) is 11.5 Å². The zero-order chi connectivity index (χ0) is 26.8. The van der Waals surface area contributed by atoms with Crippen LogP contribution in [-0.2, 0) is 21.4 Å². The van der Waals surface area contributed by atoms with Gasteiger partial charge in [0.05, 0.1) is 11.4 Å². The molecule has 3 aromatic rings. The number of nitrogens with zero attached hydrogens (tertiary/aromatic N) is 1. The first-order valence-corrected chi connectivity index (χ1v) is 12.8. The Bertz CT molecular complexity index is 1290. The summed E-state index contributed by atoms with van der Waals surface area (Å²) >= 11 is 0. The maximum absolute atomic E-state index is 13.9. The van der Waals surface area contributed by atoms with E-state index < -0.39 is 30.6 Å². The van der Waals surface area contributed by atoms with Crippen molar-refractivity contribution in [2.24, 2.45) is 0 Å². The second-order valence-electron chi connectivity index (χ2n) is 9.08. The number of aliphatic carboxylic acids is 1. The van der Waals surface area contributed by atoms with Crippen molar-refractivity contribution in [3.05, 3.63) is 89.9 Å². The molecule has 0 saturated heterocycles. The summed E-state index contributed by atoms with van der Waals surface area (Å²) in [4.78, 5) is 27.6. The lowest BCUT2D eigenvalue weighted by atomic mass is 9.74. The van der Waals surface area contributed by atoms with E-state index in [1.54, 1.807) is 0 Å². The summed E-state index contributed by atoms with van der Waals surface area (Å²) in [5.41, 5.74) is 1.13. The fourth-order valence-electron chi connectivity index (χ4n) is 4.70. The van der Waals surface area contributed by atoms with Crippen LogP contribution in [0.3, 0.4) is 0 Å². The molecule has 8 heteroatoms. The van der Waals surface area contributed by atoms with Gasteiger partial charge in [-0.1, -0.05) is 69.8 Å². The Morgan fingerprint density at radius 1 is 1.14 bits per heavy atom. The monoisotopic (exact) mass is 510 g/mol. The SMILES string of the molecule is C=CC(C(=O)O)([P+](=O)O)C(C)(O)c1c(C(C)C)nc(-c2ccccc2)c(CC)c1-c1ccc(F)cc1. The zero-order valence-electron chi connectivity index (χ0n) is 20.7. The van der Waals surface area contributed by atoms with E-state index in [2.05, 4.69) is 6.58 Å². The number of carboxylic acids is 1. The minimum atomic E-state index is -3.49. The van der Waals surface area contributed by atoms with Crippen LogP contribution in [0.5, 0.6) is 0 Å². The Morgan fingerprint density at radius 2 is 1.72 bits per heavy atom. The normalized spacial score (nSPS) is 15.2. The third-order valence-corrected chi connectivity index (χ3v) is 7.97. The van der Waals surface area contributed by atoms with Gasteiger partial charge < -0.3 is 10.2 Å². The molecule has 2 aromatic carbocycles. The van der Waals surface area contributed by atoms with Crippen LogP contribution < -0.4 is 0 Å². The van der Waals surface area contributed by atoms with Crippen molar-refractivity contribution in [1.82, 2.24) is 4.98 Å². The van der Waals surface area contributed by atoms with Gasteiger partial charge in [0.1, 0.15) is 5.82 Å². The van der Waals surface area contributed by atoms with Crippen molar-refractivity contribution in [1.29, 1.82) is 0 Å². The molecule has 3 rings (SSSR count). The molecular formula is C28H30FNO5P+. The number of carboxylic acid groups (broad SMARTS) is 1. The second-order valence-corrected chi connectivity index (χ2v) is 10.3. The van der Waals surface area contributed by atoms with Gasteiger partial charge in [0.2, 0.25) is 0 Å². The molecular weight excluding hydrogens is 480 g/mol. The van der Waals surface area contributed by atoms with Crippen LogP contribution >= 0.6 is 8.03 Å². The van der Waals surface area contributed by atoms with E-state index in [1.807, 2.05) is 51.1 Å².